The fourth-order valence-electron chi connectivity index (χ4n) is 1.26. The molecule has 0 bridgehead atoms. The fraction of sp³-hybridized carbons (Fsp3) is 0.417. The van der Waals surface area contributed by atoms with Crippen LogP contribution in [-0.2, 0) is 9.53 Å². The zero-order valence-electron chi connectivity index (χ0n) is 9.80. The van der Waals surface area contributed by atoms with Crippen molar-refractivity contribution in [2.45, 2.75) is 13.8 Å². The summed E-state index contributed by atoms with van der Waals surface area (Å²) in [5.41, 5.74) is 0.752. The van der Waals surface area contributed by atoms with Crippen molar-refractivity contribution in [2.75, 3.05) is 18.5 Å². The van der Waals surface area contributed by atoms with Crippen LogP contribution >= 0.6 is 15.9 Å². The summed E-state index contributed by atoms with van der Waals surface area (Å²) < 4.78 is 18.4. The molecule has 1 aromatic rings. The number of nitrogens with one attached hydrogen (secondary N) is 1. The number of halogens is 2. The van der Waals surface area contributed by atoms with E-state index in [1.54, 1.807) is 19.9 Å². The first-order valence-electron chi connectivity index (χ1n) is 5.40. The Morgan fingerprint density at radius 2 is 2.29 bits per heavy atom. The third-order valence-corrected chi connectivity index (χ3v) is 2.87. The molecular weight excluding hydrogens is 289 g/mol. The summed E-state index contributed by atoms with van der Waals surface area (Å²) in [6, 6.07) is 4.36. The molecule has 0 spiro atoms. The highest BCUT2D eigenvalue weighted by atomic mass is 79.9. The van der Waals surface area contributed by atoms with E-state index >= 15 is 0 Å². The molecule has 0 aliphatic carbocycles. The maximum absolute atomic E-state index is 12.8. The second-order valence-electron chi connectivity index (χ2n) is 3.66. The Hall–Kier alpha value is -1.10. The SMILES string of the molecule is CCOC(=O)C(C)CNc1ccc(F)cc1Br. The minimum absolute atomic E-state index is 0.238. The third kappa shape index (κ3) is 4.34. The molecule has 0 amide bonds. The topological polar surface area (TPSA) is 38.3 Å². The van der Waals surface area contributed by atoms with Crippen molar-refractivity contribution in [1.29, 1.82) is 0 Å². The Morgan fingerprint density at radius 3 is 2.88 bits per heavy atom. The van der Waals surface area contributed by atoms with E-state index in [1.165, 1.54) is 12.1 Å². The molecule has 0 aromatic heterocycles. The highest BCUT2D eigenvalue weighted by Crippen LogP contribution is 2.23. The first kappa shape index (κ1) is 14.0. The molecule has 0 radical (unpaired) electrons. The summed E-state index contributed by atoms with van der Waals surface area (Å²) in [4.78, 5) is 11.4. The fourth-order valence-corrected chi connectivity index (χ4v) is 1.75. The lowest BCUT2D eigenvalue weighted by Gasteiger charge is -2.13. The van der Waals surface area contributed by atoms with E-state index < -0.39 is 0 Å². The van der Waals surface area contributed by atoms with E-state index in [1.807, 2.05) is 0 Å². The molecule has 0 saturated heterocycles. The lowest BCUT2D eigenvalue weighted by atomic mass is 10.2. The van der Waals surface area contributed by atoms with Gasteiger partial charge in [-0.05, 0) is 41.1 Å². The van der Waals surface area contributed by atoms with E-state index in [0.29, 0.717) is 17.6 Å². The summed E-state index contributed by atoms with van der Waals surface area (Å²) in [5, 5.41) is 3.06. The molecule has 17 heavy (non-hydrogen) atoms. The number of ether oxygens (including phenoxy) is 1. The Bertz CT molecular complexity index is 398. The van der Waals surface area contributed by atoms with Crippen LogP contribution in [-0.4, -0.2) is 19.1 Å². The zero-order chi connectivity index (χ0) is 12.8. The lowest BCUT2D eigenvalue weighted by molar-refractivity contribution is -0.146. The van der Waals surface area contributed by atoms with Crippen molar-refractivity contribution in [3.05, 3.63) is 28.5 Å². The van der Waals surface area contributed by atoms with Gasteiger partial charge >= 0.3 is 5.97 Å². The molecule has 1 N–H and O–H groups in total. The van der Waals surface area contributed by atoms with Crippen LogP contribution in [0.3, 0.4) is 0 Å². The first-order chi connectivity index (χ1) is 8.04. The number of benzene rings is 1. The normalized spacial score (nSPS) is 12.0. The average molecular weight is 304 g/mol. The van der Waals surface area contributed by atoms with Crippen LogP contribution in [0, 0.1) is 11.7 Å². The van der Waals surface area contributed by atoms with Crippen molar-refractivity contribution in [2.24, 2.45) is 5.92 Å². The molecule has 5 heteroatoms. The van der Waals surface area contributed by atoms with Gasteiger partial charge in [-0.1, -0.05) is 6.92 Å². The van der Waals surface area contributed by atoms with Gasteiger partial charge in [-0.15, -0.1) is 0 Å². The van der Waals surface area contributed by atoms with Gasteiger partial charge in [0.1, 0.15) is 5.82 Å². The Kier molecular flexibility index (Phi) is 5.41. The highest BCUT2D eigenvalue weighted by Gasteiger charge is 2.13. The lowest BCUT2D eigenvalue weighted by Crippen LogP contribution is -2.22. The minimum atomic E-state index is -0.305. The molecular formula is C12H15BrFNO2. The van der Waals surface area contributed by atoms with Gasteiger partial charge in [0.25, 0.3) is 0 Å². The minimum Gasteiger partial charge on any atom is -0.466 e. The van der Waals surface area contributed by atoms with E-state index in [0.717, 1.165) is 5.69 Å². The number of carbonyl (C=O) groups is 1. The molecule has 0 fully saturated rings. The van der Waals surface area contributed by atoms with Crippen molar-refractivity contribution in [3.8, 4) is 0 Å². The number of rotatable bonds is 5. The summed E-state index contributed by atoms with van der Waals surface area (Å²) in [6.45, 7) is 4.38. The standard InChI is InChI=1S/C12H15BrFNO2/c1-3-17-12(16)8(2)7-15-11-5-4-9(14)6-10(11)13/h4-6,8,15H,3,7H2,1-2H3. The molecule has 1 atom stereocenters. The molecule has 0 heterocycles. The maximum Gasteiger partial charge on any atom is 0.310 e. The molecule has 0 aliphatic rings. The van der Waals surface area contributed by atoms with Crippen LogP contribution in [0.25, 0.3) is 0 Å². The van der Waals surface area contributed by atoms with E-state index in [4.69, 9.17) is 4.74 Å². The third-order valence-electron chi connectivity index (χ3n) is 2.22. The van der Waals surface area contributed by atoms with Crippen molar-refractivity contribution >= 4 is 27.6 Å². The van der Waals surface area contributed by atoms with Gasteiger partial charge in [0, 0.05) is 16.7 Å². The van der Waals surface area contributed by atoms with Crippen LogP contribution < -0.4 is 5.32 Å². The van der Waals surface area contributed by atoms with Crippen LogP contribution in [0.5, 0.6) is 0 Å². The Balaban J connectivity index is 2.52. The van der Waals surface area contributed by atoms with E-state index in [9.17, 15) is 9.18 Å². The molecule has 3 nitrogen and oxygen atoms in total. The van der Waals surface area contributed by atoms with Crippen molar-refractivity contribution in [1.82, 2.24) is 0 Å². The van der Waals surface area contributed by atoms with Gasteiger partial charge in [0.15, 0.2) is 0 Å². The number of hydrogen-bond donors (Lipinski definition) is 1. The maximum atomic E-state index is 12.8. The molecule has 1 aromatic carbocycles. The first-order valence-corrected chi connectivity index (χ1v) is 6.19. The second kappa shape index (κ2) is 6.59. The number of esters is 1. The van der Waals surface area contributed by atoms with Crippen molar-refractivity contribution < 1.29 is 13.9 Å². The highest BCUT2D eigenvalue weighted by molar-refractivity contribution is 9.10. The van der Waals surface area contributed by atoms with E-state index in [-0.39, 0.29) is 17.7 Å². The van der Waals surface area contributed by atoms with Gasteiger partial charge in [-0.25, -0.2) is 4.39 Å². The summed E-state index contributed by atoms with van der Waals surface area (Å²) in [7, 11) is 0. The molecule has 94 valence electrons. The van der Waals surface area contributed by atoms with Crippen LogP contribution in [0.2, 0.25) is 0 Å². The van der Waals surface area contributed by atoms with Crippen LogP contribution in [0.4, 0.5) is 10.1 Å². The molecule has 0 saturated carbocycles. The average Bonchev–Trinajstić information content (AvgIpc) is 2.27. The van der Waals surface area contributed by atoms with E-state index in [2.05, 4.69) is 21.2 Å². The molecule has 1 unspecified atom stereocenters. The summed E-state index contributed by atoms with van der Waals surface area (Å²) in [6.07, 6.45) is 0. The zero-order valence-corrected chi connectivity index (χ0v) is 11.4. The van der Waals surface area contributed by atoms with Gasteiger partial charge in [0.05, 0.1) is 12.5 Å². The van der Waals surface area contributed by atoms with Gasteiger partial charge < -0.3 is 10.1 Å². The Labute approximate surface area is 108 Å². The van der Waals surface area contributed by atoms with Crippen LogP contribution in [0.15, 0.2) is 22.7 Å². The second-order valence-corrected chi connectivity index (χ2v) is 4.51. The predicted molar refractivity (Wildman–Crippen MR) is 68.4 cm³/mol. The van der Waals surface area contributed by atoms with Gasteiger partial charge in [-0.3, -0.25) is 4.79 Å². The summed E-state index contributed by atoms with van der Waals surface area (Å²) >= 11 is 3.25. The van der Waals surface area contributed by atoms with Crippen molar-refractivity contribution in [3.63, 3.8) is 0 Å². The molecule has 1 rings (SSSR count). The Morgan fingerprint density at radius 1 is 1.59 bits per heavy atom. The predicted octanol–water partition coefficient (Wildman–Crippen LogP) is 3.20. The number of hydrogen-bond acceptors (Lipinski definition) is 3. The summed E-state index contributed by atoms with van der Waals surface area (Å²) in [5.74, 6) is -0.786. The largest absolute Gasteiger partial charge is 0.466 e. The van der Waals surface area contributed by atoms with Gasteiger partial charge in [0.2, 0.25) is 0 Å². The monoisotopic (exact) mass is 303 g/mol. The number of anilines is 1. The van der Waals surface area contributed by atoms with Gasteiger partial charge in [-0.2, -0.15) is 0 Å². The smallest absolute Gasteiger partial charge is 0.310 e. The quantitative estimate of drug-likeness (QED) is 0.849. The molecule has 0 aliphatic heterocycles. The number of carbonyl (C=O) groups excluding carboxylic acids is 1. The van der Waals surface area contributed by atoms with Crippen LogP contribution in [0.1, 0.15) is 13.8 Å².